The molecule has 2 rings (SSSR count). The second kappa shape index (κ2) is 6.77. The van der Waals surface area contributed by atoms with E-state index in [9.17, 15) is 4.39 Å². The predicted octanol–water partition coefficient (Wildman–Crippen LogP) is 4.64. The van der Waals surface area contributed by atoms with Crippen LogP contribution in [0.1, 0.15) is 39.0 Å². The van der Waals surface area contributed by atoms with Gasteiger partial charge in [0, 0.05) is 12.6 Å². The molecule has 1 aromatic rings. The highest BCUT2D eigenvalue weighted by Crippen LogP contribution is 2.30. The number of rotatable bonds is 4. The highest BCUT2D eigenvalue weighted by atomic mass is 127. The molecule has 1 aliphatic rings. The van der Waals surface area contributed by atoms with Gasteiger partial charge in [-0.3, -0.25) is 0 Å². The third kappa shape index (κ3) is 4.23. The van der Waals surface area contributed by atoms with Crippen molar-refractivity contribution >= 4 is 34.0 Å². The van der Waals surface area contributed by atoms with Crippen molar-refractivity contribution in [1.82, 2.24) is 0 Å². The van der Waals surface area contributed by atoms with E-state index in [0.29, 0.717) is 9.26 Å². The average molecular weight is 376 g/mol. The molecule has 19 heavy (non-hydrogen) atoms. The van der Waals surface area contributed by atoms with E-state index in [1.54, 1.807) is 6.07 Å². The molecule has 4 heteroatoms. The second-order valence-electron chi connectivity index (χ2n) is 5.69. The van der Waals surface area contributed by atoms with Gasteiger partial charge in [-0.15, -0.1) is 0 Å². The van der Waals surface area contributed by atoms with Gasteiger partial charge in [-0.1, -0.05) is 32.6 Å². The van der Waals surface area contributed by atoms with Crippen LogP contribution in [0, 0.1) is 21.2 Å². The lowest BCUT2D eigenvalue weighted by atomic mass is 9.81. The molecule has 1 aliphatic carbocycles. The molecular formula is C15H22FIN2. The summed E-state index contributed by atoms with van der Waals surface area (Å²) in [6.07, 6.45) is 6.52. The van der Waals surface area contributed by atoms with Crippen molar-refractivity contribution in [3.63, 3.8) is 0 Å². The Bertz CT molecular complexity index is 428. The van der Waals surface area contributed by atoms with Gasteiger partial charge in [0.25, 0.3) is 0 Å². The van der Waals surface area contributed by atoms with Gasteiger partial charge in [0.05, 0.1) is 14.9 Å². The summed E-state index contributed by atoms with van der Waals surface area (Å²) < 4.78 is 14.1. The van der Waals surface area contributed by atoms with Gasteiger partial charge in [-0.05, 0) is 46.9 Å². The van der Waals surface area contributed by atoms with Gasteiger partial charge >= 0.3 is 0 Å². The van der Waals surface area contributed by atoms with Crippen molar-refractivity contribution in [3.8, 4) is 0 Å². The third-order valence-corrected chi connectivity index (χ3v) is 4.92. The van der Waals surface area contributed by atoms with Gasteiger partial charge < -0.3 is 11.1 Å². The maximum atomic E-state index is 13.5. The molecule has 3 N–H and O–H groups in total. The molecule has 0 unspecified atom stereocenters. The Labute approximate surface area is 128 Å². The maximum absolute atomic E-state index is 13.5. The molecule has 0 spiro atoms. The first kappa shape index (κ1) is 14.9. The zero-order valence-corrected chi connectivity index (χ0v) is 13.5. The van der Waals surface area contributed by atoms with Crippen LogP contribution in [0.15, 0.2) is 12.1 Å². The quantitative estimate of drug-likeness (QED) is 0.594. The first-order valence-electron chi connectivity index (χ1n) is 7.04. The Morgan fingerprint density at radius 3 is 2.68 bits per heavy atom. The summed E-state index contributed by atoms with van der Waals surface area (Å²) in [5.74, 6) is 1.51. The fourth-order valence-electron chi connectivity index (χ4n) is 2.74. The van der Waals surface area contributed by atoms with E-state index in [2.05, 4.69) is 12.2 Å². The SMILES string of the molecule is CC1CCC(CCNc2cc(F)c(I)cc2N)CC1. The molecule has 1 saturated carbocycles. The topological polar surface area (TPSA) is 38.0 Å². The zero-order valence-electron chi connectivity index (χ0n) is 11.4. The number of nitrogen functional groups attached to an aromatic ring is 1. The van der Waals surface area contributed by atoms with Crippen LogP contribution in [0.5, 0.6) is 0 Å². The Hall–Kier alpha value is -0.520. The molecule has 0 radical (unpaired) electrons. The summed E-state index contributed by atoms with van der Waals surface area (Å²) in [6, 6.07) is 3.18. The van der Waals surface area contributed by atoms with E-state index >= 15 is 0 Å². The van der Waals surface area contributed by atoms with Crippen molar-refractivity contribution in [2.45, 2.75) is 39.0 Å². The molecule has 106 valence electrons. The lowest BCUT2D eigenvalue weighted by Gasteiger charge is -2.26. The van der Waals surface area contributed by atoms with Gasteiger partial charge in [-0.2, -0.15) is 0 Å². The molecule has 1 aromatic carbocycles. The van der Waals surface area contributed by atoms with Crippen LogP contribution in [0.2, 0.25) is 0 Å². The smallest absolute Gasteiger partial charge is 0.138 e. The summed E-state index contributed by atoms with van der Waals surface area (Å²) >= 11 is 1.96. The van der Waals surface area contributed by atoms with Gasteiger partial charge in [0.15, 0.2) is 0 Å². The van der Waals surface area contributed by atoms with Crippen LogP contribution in [-0.4, -0.2) is 6.54 Å². The Kier molecular flexibility index (Phi) is 5.30. The maximum Gasteiger partial charge on any atom is 0.138 e. The lowest BCUT2D eigenvalue weighted by molar-refractivity contribution is 0.282. The van der Waals surface area contributed by atoms with E-state index in [4.69, 9.17) is 5.73 Å². The van der Waals surface area contributed by atoms with E-state index in [0.717, 1.165) is 30.5 Å². The Balaban J connectivity index is 1.81. The molecule has 2 nitrogen and oxygen atoms in total. The van der Waals surface area contributed by atoms with Crippen molar-refractivity contribution in [1.29, 1.82) is 0 Å². The number of anilines is 2. The van der Waals surface area contributed by atoms with Crippen LogP contribution < -0.4 is 11.1 Å². The fraction of sp³-hybridized carbons (Fsp3) is 0.600. The van der Waals surface area contributed by atoms with Crippen LogP contribution in [0.3, 0.4) is 0 Å². The molecular weight excluding hydrogens is 354 g/mol. The van der Waals surface area contributed by atoms with Crippen LogP contribution in [0.25, 0.3) is 0 Å². The molecule has 0 amide bonds. The minimum absolute atomic E-state index is 0.205. The summed E-state index contributed by atoms with van der Waals surface area (Å²) in [7, 11) is 0. The molecule has 0 heterocycles. The molecule has 0 atom stereocenters. The van der Waals surface area contributed by atoms with Gasteiger partial charge in [0.1, 0.15) is 5.82 Å². The standard InChI is InChI=1S/C15H22FIN2/c1-10-2-4-11(5-3-10)6-7-19-15-8-12(16)13(17)9-14(15)18/h8-11,19H,2-7,18H2,1H3. The second-order valence-corrected chi connectivity index (χ2v) is 6.86. The average Bonchev–Trinajstić information content (AvgIpc) is 2.38. The summed E-state index contributed by atoms with van der Waals surface area (Å²) in [5, 5.41) is 3.27. The summed E-state index contributed by atoms with van der Waals surface area (Å²) in [4.78, 5) is 0. The molecule has 0 bridgehead atoms. The van der Waals surface area contributed by atoms with E-state index in [1.165, 1.54) is 31.7 Å². The van der Waals surface area contributed by atoms with Gasteiger partial charge in [-0.25, -0.2) is 4.39 Å². The third-order valence-electron chi connectivity index (χ3n) is 4.10. The monoisotopic (exact) mass is 376 g/mol. The minimum atomic E-state index is -0.205. The number of hydrogen-bond acceptors (Lipinski definition) is 2. The highest BCUT2D eigenvalue weighted by Gasteiger charge is 2.17. The highest BCUT2D eigenvalue weighted by molar-refractivity contribution is 14.1. The van der Waals surface area contributed by atoms with Crippen LogP contribution in [-0.2, 0) is 0 Å². The van der Waals surface area contributed by atoms with Crippen molar-refractivity contribution in [2.75, 3.05) is 17.6 Å². The number of halogens is 2. The van der Waals surface area contributed by atoms with E-state index in [1.807, 2.05) is 22.6 Å². The number of nitrogens with one attached hydrogen (secondary N) is 1. The van der Waals surface area contributed by atoms with Gasteiger partial charge in [0.2, 0.25) is 0 Å². The molecule has 0 aromatic heterocycles. The molecule has 0 saturated heterocycles. The zero-order chi connectivity index (χ0) is 13.8. The largest absolute Gasteiger partial charge is 0.397 e. The number of benzene rings is 1. The normalized spacial score (nSPS) is 23.3. The summed E-state index contributed by atoms with van der Waals surface area (Å²) in [5.41, 5.74) is 7.25. The number of hydrogen-bond donors (Lipinski definition) is 2. The molecule has 1 fully saturated rings. The van der Waals surface area contributed by atoms with Crippen molar-refractivity contribution < 1.29 is 4.39 Å². The fourth-order valence-corrected chi connectivity index (χ4v) is 3.24. The Morgan fingerprint density at radius 1 is 1.32 bits per heavy atom. The first-order valence-corrected chi connectivity index (χ1v) is 8.12. The predicted molar refractivity (Wildman–Crippen MR) is 87.8 cm³/mol. The number of nitrogens with two attached hydrogens (primary N) is 1. The summed E-state index contributed by atoms with van der Waals surface area (Å²) in [6.45, 7) is 3.22. The van der Waals surface area contributed by atoms with Crippen LogP contribution in [0.4, 0.5) is 15.8 Å². The first-order chi connectivity index (χ1) is 9.06. The lowest BCUT2D eigenvalue weighted by Crippen LogP contribution is -2.16. The minimum Gasteiger partial charge on any atom is -0.397 e. The van der Waals surface area contributed by atoms with Crippen molar-refractivity contribution in [2.24, 2.45) is 11.8 Å². The van der Waals surface area contributed by atoms with Crippen LogP contribution >= 0.6 is 22.6 Å². The Morgan fingerprint density at radius 2 is 2.00 bits per heavy atom. The van der Waals surface area contributed by atoms with Crippen molar-refractivity contribution in [3.05, 3.63) is 21.5 Å². The van der Waals surface area contributed by atoms with E-state index in [-0.39, 0.29) is 5.82 Å². The molecule has 0 aliphatic heterocycles. The van der Waals surface area contributed by atoms with E-state index < -0.39 is 0 Å².